The Morgan fingerprint density at radius 3 is 2.46 bits per heavy atom. The van der Waals surface area contributed by atoms with E-state index in [4.69, 9.17) is 4.74 Å². The number of hydrogen-bond acceptors (Lipinski definition) is 8. The Balaban J connectivity index is 1.51. The fourth-order valence-corrected chi connectivity index (χ4v) is 4.23. The predicted octanol–water partition coefficient (Wildman–Crippen LogP) is 1.85. The molecule has 1 aromatic heterocycles. The first-order valence-electron chi connectivity index (χ1n) is 9.18. The SMILES string of the molecule is O=C(c1ccc(N2CCN(c3nccs3)CC2)c([N+](=O)[O-])c1)N1CCOCC1. The second kappa shape index (κ2) is 8.11. The number of carbonyl (C=O) groups excluding carboxylic acids is 1. The van der Waals surface area contributed by atoms with Gasteiger partial charge in [-0.3, -0.25) is 14.9 Å². The van der Waals surface area contributed by atoms with E-state index in [0.29, 0.717) is 50.6 Å². The van der Waals surface area contributed by atoms with E-state index in [-0.39, 0.29) is 11.6 Å². The summed E-state index contributed by atoms with van der Waals surface area (Å²) in [4.78, 5) is 34.1. The van der Waals surface area contributed by atoms with Crippen molar-refractivity contribution in [1.82, 2.24) is 9.88 Å². The van der Waals surface area contributed by atoms with Crippen molar-refractivity contribution in [1.29, 1.82) is 0 Å². The van der Waals surface area contributed by atoms with E-state index in [0.717, 1.165) is 18.2 Å². The minimum atomic E-state index is -0.404. The first kappa shape index (κ1) is 18.6. The Morgan fingerprint density at radius 1 is 1.11 bits per heavy atom. The number of morpholine rings is 1. The van der Waals surface area contributed by atoms with Gasteiger partial charge < -0.3 is 19.4 Å². The Hall–Kier alpha value is -2.72. The van der Waals surface area contributed by atoms with E-state index in [9.17, 15) is 14.9 Å². The van der Waals surface area contributed by atoms with Crippen molar-refractivity contribution >= 4 is 33.8 Å². The third-order valence-corrected chi connectivity index (χ3v) is 5.86. The molecule has 0 N–H and O–H groups in total. The topological polar surface area (TPSA) is 92.0 Å². The normalized spacial score (nSPS) is 17.6. The lowest BCUT2D eigenvalue weighted by molar-refractivity contribution is -0.384. The maximum Gasteiger partial charge on any atom is 0.293 e. The maximum atomic E-state index is 12.7. The number of ether oxygens (including phenoxy) is 1. The zero-order chi connectivity index (χ0) is 19.5. The minimum absolute atomic E-state index is 0.0261. The van der Waals surface area contributed by atoms with Crippen LogP contribution in [0.1, 0.15) is 10.4 Å². The molecule has 2 aliphatic rings. The van der Waals surface area contributed by atoms with Crippen molar-refractivity contribution < 1.29 is 14.5 Å². The van der Waals surface area contributed by atoms with Crippen molar-refractivity contribution in [3.8, 4) is 0 Å². The fraction of sp³-hybridized carbons (Fsp3) is 0.444. The molecular weight excluding hydrogens is 382 g/mol. The molecule has 1 amide bonds. The van der Waals surface area contributed by atoms with Crippen molar-refractivity contribution in [2.45, 2.75) is 0 Å². The van der Waals surface area contributed by atoms with Gasteiger partial charge in [-0.15, -0.1) is 11.3 Å². The smallest absolute Gasteiger partial charge is 0.293 e. The summed E-state index contributed by atoms with van der Waals surface area (Å²) in [5, 5.41) is 14.6. The number of aromatic nitrogens is 1. The highest BCUT2D eigenvalue weighted by Gasteiger charge is 2.27. The lowest BCUT2D eigenvalue weighted by Gasteiger charge is -2.35. The van der Waals surface area contributed by atoms with Crippen LogP contribution >= 0.6 is 11.3 Å². The first-order chi connectivity index (χ1) is 13.6. The zero-order valence-electron chi connectivity index (χ0n) is 15.3. The molecule has 2 aliphatic heterocycles. The van der Waals surface area contributed by atoms with Crippen LogP contribution in [-0.2, 0) is 4.74 Å². The van der Waals surface area contributed by atoms with Gasteiger partial charge in [0.15, 0.2) is 5.13 Å². The molecule has 2 saturated heterocycles. The van der Waals surface area contributed by atoms with Crippen LogP contribution in [0.5, 0.6) is 0 Å². The number of anilines is 2. The van der Waals surface area contributed by atoms with Gasteiger partial charge in [-0.2, -0.15) is 0 Å². The molecule has 10 heteroatoms. The summed E-state index contributed by atoms with van der Waals surface area (Å²) in [7, 11) is 0. The van der Waals surface area contributed by atoms with Gasteiger partial charge in [0.25, 0.3) is 11.6 Å². The molecule has 0 saturated carbocycles. The number of amides is 1. The molecule has 1 aromatic carbocycles. The van der Waals surface area contributed by atoms with Crippen LogP contribution in [-0.4, -0.2) is 73.2 Å². The number of rotatable bonds is 4. The molecule has 0 bridgehead atoms. The second-order valence-electron chi connectivity index (χ2n) is 6.65. The van der Waals surface area contributed by atoms with Crippen molar-refractivity contribution in [2.75, 3.05) is 62.3 Å². The predicted molar refractivity (Wildman–Crippen MR) is 106 cm³/mol. The number of carbonyl (C=O) groups is 1. The number of piperazine rings is 1. The van der Waals surface area contributed by atoms with Crippen LogP contribution in [0.4, 0.5) is 16.5 Å². The third kappa shape index (κ3) is 3.78. The van der Waals surface area contributed by atoms with Crippen LogP contribution in [0.3, 0.4) is 0 Å². The highest BCUT2D eigenvalue weighted by Crippen LogP contribution is 2.31. The molecule has 4 rings (SSSR count). The first-order valence-corrected chi connectivity index (χ1v) is 10.1. The molecule has 0 atom stereocenters. The van der Waals surface area contributed by atoms with Gasteiger partial charge in [-0.25, -0.2) is 4.98 Å². The molecule has 0 spiro atoms. The molecule has 3 heterocycles. The fourth-order valence-electron chi connectivity index (χ4n) is 3.53. The van der Waals surface area contributed by atoms with Gasteiger partial charge in [-0.1, -0.05) is 0 Å². The van der Waals surface area contributed by atoms with E-state index in [1.807, 2.05) is 10.3 Å². The summed E-state index contributed by atoms with van der Waals surface area (Å²) in [5.74, 6) is -0.188. The number of thiazole rings is 1. The minimum Gasteiger partial charge on any atom is -0.378 e. The summed E-state index contributed by atoms with van der Waals surface area (Å²) >= 11 is 1.59. The van der Waals surface area contributed by atoms with Gasteiger partial charge in [0.1, 0.15) is 5.69 Å². The van der Waals surface area contributed by atoms with E-state index < -0.39 is 4.92 Å². The third-order valence-electron chi connectivity index (χ3n) is 5.03. The summed E-state index contributed by atoms with van der Waals surface area (Å²) in [6.45, 7) is 4.83. The molecule has 0 aliphatic carbocycles. The highest BCUT2D eigenvalue weighted by molar-refractivity contribution is 7.13. The van der Waals surface area contributed by atoms with Crippen LogP contribution in [0, 0.1) is 10.1 Å². The molecule has 2 aromatic rings. The molecule has 28 heavy (non-hydrogen) atoms. The number of nitro groups is 1. The Bertz CT molecular complexity index is 846. The quantitative estimate of drug-likeness (QED) is 0.568. The van der Waals surface area contributed by atoms with Gasteiger partial charge in [0.2, 0.25) is 0 Å². The standard InChI is InChI=1S/C18H21N5O4S/c24-17(21-8-10-27-11-9-21)14-1-2-15(16(13-14)23(25)26)20-4-6-22(7-5-20)18-19-3-12-28-18/h1-3,12-13H,4-11H2. The van der Waals surface area contributed by atoms with Crippen LogP contribution in [0.2, 0.25) is 0 Å². The molecule has 9 nitrogen and oxygen atoms in total. The maximum absolute atomic E-state index is 12.7. The Labute approximate surface area is 166 Å². The lowest BCUT2D eigenvalue weighted by atomic mass is 10.1. The molecule has 148 valence electrons. The summed E-state index contributed by atoms with van der Waals surface area (Å²) in [6, 6.07) is 4.79. The van der Waals surface area contributed by atoms with E-state index in [2.05, 4.69) is 9.88 Å². The zero-order valence-corrected chi connectivity index (χ0v) is 16.1. The average Bonchev–Trinajstić information content (AvgIpc) is 3.28. The molecule has 2 fully saturated rings. The van der Waals surface area contributed by atoms with Gasteiger partial charge in [-0.05, 0) is 12.1 Å². The van der Waals surface area contributed by atoms with E-state index in [1.54, 1.807) is 34.6 Å². The number of hydrogen-bond donors (Lipinski definition) is 0. The van der Waals surface area contributed by atoms with Gasteiger partial charge >= 0.3 is 0 Å². The van der Waals surface area contributed by atoms with Crippen molar-refractivity contribution in [2.24, 2.45) is 0 Å². The number of nitro benzene ring substituents is 1. The van der Waals surface area contributed by atoms with Crippen molar-refractivity contribution in [3.63, 3.8) is 0 Å². The lowest BCUT2D eigenvalue weighted by Crippen LogP contribution is -2.46. The van der Waals surface area contributed by atoms with Crippen LogP contribution in [0.25, 0.3) is 0 Å². The molecular formula is C18H21N5O4S. The Morgan fingerprint density at radius 2 is 1.82 bits per heavy atom. The van der Waals surface area contributed by atoms with Crippen molar-refractivity contribution in [3.05, 3.63) is 45.5 Å². The average molecular weight is 403 g/mol. The summed E-state index contributed by atoms with van der Waals surface area (Å²) in [5.41, 5.74) is 0.878. The van der Waals surface area contributed by atoms with Gasteiger partial charge in [0, 0.05) is 62.5 Å². The summed E-state index contributed by atoms with van der Waals surface area (Å²) in [6.07, 6.45) is 1.78. The Kier molecular flexibility index (Phi) is 5.40. The largest absolute Gasteiger partial charge is 0.378 e. The van der Waals surface area contributed by atoms with E-state index in [1.165, 1.54) is 6.07 Å². The van der Waals surface area contributed by atoms with Crippen LogP contribution in [0.15, 0.2) is 29.8 Å². The number of benzene rings is 1. The molecule has 0 radical (unpaired) electrons. The van der Waals surface area contributed by atoms with Crippen LogP contribution < -0.4 is 9.80 Å². The highest BCUT2D eigenvalue weighted by atomic mass is 32.1. The van der Waals surface area contributed by atoms with E-state index >= 15 is 0 Å². The van der Waals surface area contributed by atoms with Gasteiger partial charge in [0.05, 0.1) is 18.1 Å². The molecule has 0 unspecified atom stereocenters. The number of nitrogens with zero attached hydrogens (tertiary/aromatic N) is 5. The summed E-state index contributed by atoms with van der Waals surface area (Å²) < 4.78 is 5.27. The monoisotopic (exact) mass is 403 g/mol. The second-order valence-corrected chi connectivity index (χ2v) is 7.53.